The number of aromatic carboxylic acids is 1. The first-order valence-corrected chi connectivity index (χ1v) is 6.96. The first-order valence-electron chi connectivity index (χ1n) is 6.58. The molecule has 6 heteroatoms. The molecule has 110 valence electrons. The number of hydrogen-bond donors (Lipinski definition) is 1. The van der Waals surface area contributed by atoms with Crippen LogP contribution in [0.5, 0.6) is 0 Å². The predicted octanol–water partition coefficient (Wildman–Crippen LogP) is 3.59. The Morgan fingerprint density at radius 1 is 1.18 bits per heavy atom. The Labute approximate surface area is 131 Å². The summed E-state index contributed by atoms with van der Waals surface area (Å²) in [6.45, 7) is 1.96. The van der Waals surface area contributed by atoms with Crippen LogP contribution in [0.1, 0.15) is 16.2 Å². The molecule has 22 heavy (non-hydrogen) atoms. The van der Waals surface area contributed by atoms with Crippen LogP contribution in [0.25, 0.3) is 17.1 Å². The van der Waals surface area contributed by atoms with E-state index in [0.717, 1.165) is 16.8 Å². The number of nitrogens with zero attached hydrogens (tertiary/aromatic N) is 3. The molecule has 0 unspecified atom stereocenters. The summed E-state index contributed by atoms with van der Waals surface area (Å²) in [5.74, 6) is -0.951. The van der Waals surface area contributed by atoms with Crippen molar-refractivity contribution in [3.8, 4) is 17.1 Å². The van der Waals surface area contributed by atoms with Crippen LogP contribution in [-0.2, 0) is 0 Å². The number of rotatable bonds is 3. The van der Waals surface area contributed by atoms with Crippen LogP contribution in [0.3, 0.4) is 0 Å². The molecule has 3 aromatic rings. The monoisotopic (exact) mass is 313 g/mol. The maximum absolute atomic E-state index is 11.2. The Balaban J connectivity index is 2.20. The third kappa shape index (κ3) is 2.71. The van der Waals surface area contributed by atoms with E-state index >= 15 is 0 Å². The van der Waals surface area contributed by atoms with Gasteiger partial charge in [-0.15, -0.1) is 5.10 Å². The molecule has 0 spiro atoms. The van der Waals surface area contributed by atoms with Crippen LogP contribution in [0.4, 0.5) is 0 Å². The van der Waals surface area contributed by atoms with Crippen molar-refractivity contribution in [1.82, 2.24) is 14.8 Å². The number of halogens is 1. The molecule has 5 nitrogen and oxygen atoms in total. The quantitative estimate of drug-likeness (QED) is 0.802. The minimum Gasteiger partial charge on any atom is -0.475 e. The SMILES string of the molecule is Cc1cccc(-n2nc(C(=O)O)nc2-c2ccc(Cl)cc2)c1. The highest BCUT2D eigenvalue weighted by atomic mass is 35.5. The minimum absolute atomic E-state index is 0.244. The summed E-state index contributed by atoms with van der Waals surface area (Å²) in [6, 6.07) is 14.6. The molecule has 0 aliphatic rings. The molecule has 0 saturated heterocycles. The van der Waals surface area contributed by atoms with Crippen molar-refractivity contribution in [2.24, 2.45) is 0 Å². The lowest BCUT2D eigenvalue weighted by Crippen LogP contribution is -2.02. The summed E-state index contributed by atoms with van der Waals surface area (Å²) >= 11 is 5.90. The zero-order chi connectivity index (χ0) is 15.7. The molecular weight excluding hydrogens is 302 g/mol. The van der Waals surface area contributed by atoms with Gasteiger partial charge in [0.25, 0.3) is 5.82 Å². The normalized spacial score (nSPS) is 10.6. The minimum atomic E-state index is -1.17. The number of hydrogen-bond acceptors (Lipinski definition) is 3. The lowest BCUT2D eigenvalue weighted by Gasteiger charge is -2.06. The fraction of sp³-hybridized carbons (Fsp3) is 0.0625. The summed E-state index contributed by atoms with van der Waals surface area (Å²) in [5.41, 5.74) is 2.54. The second-order valence-corrected chi connectivity index (χ2v) is 5.26. The van der Waals surface area contributed by atoms with Crippen molar-refractivity contribution >= 4 is 17.6 Å². The summed E-state index contributed by atoms with van der Waals surface area (Å²) in [4.78, 5) is 15.3. The van der Waals surface area contributed by atoms with Gasteiger partial charge in [-0.3, -0.25) is 0 Å². The molecule has 1 heterocycles. The van der Waals surface area contributed by atoms with E-state index in [1.807, 2.05) is 31.2 Å². The van der Waals surface area contributed by atoms with Gasteiger partial charge in [0.1, 0.15) is 0 Å². The molecule has 0 atom stereocenters. The van der Waals surface area contributed by atoms with E-state index in [-0.39, 0.29) is 5.82 Å². The van der Waals surface area contributed by atoms with Crippen molar-refractivity contribution in [2.45, 2.75) is 6.92 Å². The number of benzene rings is 2. The third-order valence-corrected chi connectivity index (χ3v) is 3.40. The Morgan fingerprint density at radius 3 is 2.55 bits per heavy atom. The van der Waals surface area contributed by atoms with Gasteiger partial charge in [0.05, 0.1) is 5.69 Å². The van der Waals surface area contributed by atoms with E-state index in [0.29, 0.717) is 10.8 Å². The maximum atomic E-state index is 11.2. The van der Waals surface area contributed by atoms with E-state index in [9.17, 15) is 4.79 Å². The van der Waals surface area contributed by atoms with Crippen molar-refractivity contribution in [2.75, 3.05) is 0 Å². The maximum Gasteiger partial charge on any atom is 0.375 e. The Morgan fingerprint density at radius 2 is 1.91 bits per heavy atom. The van der Waals surface area contributed by atoms with Gasteiger partial charge in [-0.25, -0.2) is 14.5 Å². The van der Waals surface area contributed by atoms with Crippen LogP contribution in [-0.4, -0.2) is 25.8 Å². The standard InChI is InChI=1S/C16H12ClN3O2/c1-10-3-2-4-13(9-10)20-15(18-14(19-20)16(21)22)11-5-7-12(17)8-6-11/h2-9H,1H3,(H,21,22). The average molecular weight is 314 g/mol. The first kappa shape index (κ1) is 14.3. The average Bonchev–Trinajstić information content (AvgIpc) is 2.93. The van der Waals surface area contributed by atoms with Gasteiger partial charge in [-0.05, 0) is 48.9 Å². The van der Waals surface area contributed by atoms with E-state index in [1.54, 1.807) is 24.3 Å². The zero-order valence-corrected chi connectivity index (χ0v) is 12.4. The zero-order valence-electron chi connectivity index (χ0n) is 11.7. The molecule has 0 fully saturated rings. The fourth-order valence-electron chi connectivity index (χ4n) is 2.13. The predicted molar refractivity (Wildman–Crippen MR) is 83.5 cm³/mol. The van der Waals surface area contributed by atoms with Crippen LogP contribution in [0.2, 0.25) is 5.02 Å². The summed E-state index contributed by atoms with van der Waals surface area (Å²) in [7, 11) is 0. The fourth-order valence-corrected chi connectivity index (χ4v) is 2.25. The Bertz CT molecular complexity index is 841. The lowest BCUT2D eigenvalue weighted by molar-refractivity contribution is 0.0683. The molecule has 0 amide bonds. The highest BCUT2D eigenvalue weighted by Crippen LogP contribution is 2.23. The van der Waals surface area contributed by atoms with Crippen LogP contribution >= 0.6 is 11.6 Å². The molecule has 1 aromatic heterocycles. The van der Waals surface area contributed by atoms with E-state index in [4.69, 9.17) is 16.7 Å². The van der Waals surface area contributed by atoms with Crippen molar-refractivity contribution in [1.29, 1.82) is 0 Å². The van der Waals surface area contributed by atoms with Gasteiger partial charge in [0, 0.05) is 10.6 Å². The molecule has 2 aromatic carbocycles. The highest BCUT2D eigenvalue weighted by molar-refractivity contribution is 6.30. The highest BCUT2D eigenvalue weighted by Gasteiger charge is 2.17. The van der Waals surface area contributed by atoms with Gasteiger partial charge in [-0.1, -0.05) is 23.7 Å². The summed E-state index contributed by atoms with van der Waals surface area (Å²) in [6.07, 6.45) is 0. The van der Waals surface area contributed by atoms with Gasteiger partial charge in [-0.2, -0.15) is 0 Å². The number of aryl methyl sites for hydroxylation is 1. The lowest BCUT2D eigenvalue weighted by atomic mass is 10.2. The van der Waals surface area contributed by atoms with Crippen LogP contribution in [0.15, 0.2) is 48.5 Å². The molecule has 0 aliphatic carbocycles. The van der Waals surface area contributed by atoms with Crippen molar-refractivity contribution < 1.29 is 9.90 Å². The number of carboxylic acids is 1. The molecular formula is C16H12ClN3O2. The van der Waals surface area contributed by atoms with Gasteiger partial charge in [0.15, 0.2) is 5.82 Å². The van der Waals surface area contributed by atoms with Crippen LogP contribution < -0.4 is 0 Å². The van der Waals surface area contributed by atoms with Gasteiger partial charge >= 0.3 is 5.97 Å². The summed E-state index contributed by atoms with van der Waals surface area (Å²) in [5, 5.41) is 13.8. The molecule has 0 bridgehead atoms. The van der Waals surface area contributed by atoms with E-state index in [2.05, 4.69) is 10.1 Å². The second-order valence-electron chi connectivity index (χ2n) is 4.82. The number of aromatic nitrogens is 3. The Hall–Kier alpha value is -2.66. The van der Waals surface area contributed by atoms with Crippen molar-refractivity contribution in [3.05, 3.63) is 64.9 Å². The largest absolute Gasteiger partial charge is 0.475 e. The van der Waals surface area contributed by atoms with E-state index < -0.39 is 5.97 Å². The van der Waals surface area contributed by atoms with Gasteiger partial charge < -0.3 is 5.11 Å². The second kappa shape index (κ2) is 5.61. The van der Waals surface area contributed by atoms with Crippen LogP contribution in [0, 0.1) is 6.92 Å². The molecule has 3 rings (SSSR count). The number of carbonyl (C=O) groups is 1. The van der Waals surface area contributed by atoms with E-state index in [1.165, 1.54) is 4.68 Å². The molecule has 0 aliphatic heterocycles. The molecule has 0 radical (unpaired) electrons. The third-order valence-electron chi connectivity index (χ3n) is 3.15. The smallest absolute Gasteiger partial charge is 0.375 e. The Kier molecular flexibility index (Phi) is 3.65. The summed E-state index contributed by atoms with van der Waals surface area (Å²) < 4.78 is 1.53. The van der Waals surface area contributed by atoms with Gasteiger partial charge in [0.2, 0.25) is 0 Å². The molecule has 0 saturated carbocycles. The topological polar surface area (TPSA) is 68.0 Å². The van der Waals surface area contributed by atoms with Crippen molar-refractivity contribution in [3.63, 3.8) is 0 Å². The molecule has 1 N–H and O–H groups in total. The first-order chi connectivity index (χ1) is 10.5. The number of carboxylic acid groups (broad SMARTS) is 1.